The Morgan fingerprint density at radius 3 is 2.44 bits per heavy atom. The summed E-state index contributed by atoms with van der Waals surface area (Å²) < 4.78 is 1.86. The maximum absolute atomic E-state index is 6.15. The molecule has 0 saturated carbocycles. The van der Waals surface area contributed by atoms with Crippen LogP contribution in [0.25, 0.3) is 5.82 Å². The lowest BCUT2D eigenvalue weighted by molar-refractivity contribution is 0.428. The highest BCUT2D eigenvalue weighted by Crippen LogP contribution is 2.12. The summed E-state index contributed by atoms with van der Waals surface area (Å²) in [4.78, 5) is 11.2. The van der Waals surface area contributed by atoms with E-state index in [4.69, 9.17) is 5.73 Å². The summed E-state index contributed by atoms with van der Waals surface area (Å²) in [5.41, 5.74) is 9.28. The van der Waals surface area contributed by atoms with Crippen LogP contribution in [-0.4, -0.2) is 38.7 Å². The number of hydrogen-bond donors (Lipinski definition) is 1. The molecule has 1 saturated heterocycles. The maximum Gasteiger partial charge on any atom is 0.191 e. The quantitative estimate of drug-likeness (QED) is 0.439. The van der Waals surface area contributed by atoms with Crippen LogP contribution in [0, 0.1) is 13.8 Å². The van der Waals surface area contributed by atoms with Gasteiger partial charge in [-0.05, 0) is 44.4 Å². The van der Waals surface area contributed by atoms with Crippen molar-refractivity contribution in [3.8, 4) is 5.82 Å². The molecule has 3 rings (SSSR count). The number of nitrogens with two attached hydrogens (primary N) is 1. The average Bonchev–Trinajstić information content (AvgIpc) is 2.80. The van der Waals surface area contributed by atoms with E-state index in [1.165, 1.54) is 25.7 Å². The Balaban J connectivity index is 0.00000225. The first-order valence-corrected chi connectivity index (χ1v) is 8.67. The monoisotopic (exact) mass is 454 g/mol. The van der Waals surface area contributed by atoms with Gasteiger partial charge >= 0.3 is 0 Å². The van der Waals surface area contributed by atoms with Crippen molar-refractivity contribution in [1.29, 1.82) is 0 Å². The lowest BCUT2D eigenvalue weighted by atomic mass is 10.2. The molecule has 0 amide bonds. The van der Waals surface area contributed by atoms with Gasteiger partial charge < -0.3 is 10.6 Å². The molecule has 0 radical (unpaired) electrons. The number of guanidine groups is 1. The second-order valence-corrected chi connectivity index (χ2v) is 6.44. The van der Waals surface area contributed by atoms with Gasteiger partial charge in [-0.3, -0.25) is 0 Å². The molecule has 0 aromatic carbocycles. The van der Waals surface area contributed by atoms with Crippen LogP contribution in [0.3, 0.4) is 0 Å². The molecule has 1 fully saturated rings. The largest absolute Gasteiger partial charge is 0.370 e. The average molecular weight is 454 g/mol. The standard InChI is InChI=1S/C18H26N6.HI/c1-14-11-15(2)24(22-14)17-8-7-16(12-20-17)13-21-18(19)23-9-5-3-4-6-10-23;/h7-8,11-12H,3-6,9-10,13H2,1-2H3,(H2,19,21);1H. The summed E-state index contributed by atoms with van der Waals surface area (Å²) in [6, 6.07) is 6.06. The van der Waals surface area contributed by atoms with E-state index in [-0.39, 0.29) is 24.0 Å². The van der Waals surface area contributed by atoms with Gasteiger partial charge in [0.05, 0.1) is 12.2 Å². The third-order valence-corrected chi connectivity index (χ3v) is 4.39. The molecule has 0 bridgehead atoms. The topological polar surface area (TPSA) is 72.3 Å². The molecule has 2 aromatic rings. The summed E-state index contributed by atoms with van der Waals surface area (Å²) in [7, 11) is 0. The number of aryl methyl sites for hydroxylation is 2. The van der Waals surface area contributed by atoms with Crippen LogP contribution in [-0.2, 0) is 6.54 Å². The van der Waals surface area contributed by atoms with Crippen LogP contribution < -0.4 is 5.73 Å². The number of likely N-dealkylation sites (tertiary alicyclic amines) is 1. The summed E-state index contributed by atoms with van der Waals surface area (Å²) >= 11 is 0. The zero-order chi connectivity index (χ0) is 16.9. The first kappa shape index (κ1) is 19.7. The van der Waals surface area contributed by atoms with Crippen LogP contribution in [0.1, 0.15) is 42.6 Å². The van der Waals surface area contributed by atoms with Crippen molar-refractivity contribution in [2.75, 3.05) is 13.1 Å². The molecule has 136 valence electrons. The number of rotatable bonds is 3. The molecule has 0 spiro atoms. The van der Waals surface area contributed by atoms with Gasteiger partial charge in [-0.15, -0.1) is 24.0 Å². The third kappa shape index (κ3) is 5.17. The lowest BCUT2D eigenvalue weighted by Crippen LogP contribution is -2.38. The number of aromatic nitrogens is 3. The van der Waals surface area contributed by atoms with Crippen molar-refractivity contribution in [2.45, 2.75) is 46.1 Å². The Morgan fingerprint density at radius 2 is 1.88 bits per heavy atom. The van der Waals surface area contributed by atoms with Crippen molar-refractivity contribution < 1.29 is 0 Å². The van der Waals surface area contributed by atoms with Crippen LogP contribution in [0.4, 0.5) is 0 Å². The van der Waals surface area contributed by atoms with Crippen molar-refractivity contribution in [1.82, 2.24) is 19.7 Å². The maximum atomic E-state index is 6.15. The zero-order valence-corrected chi connectivity index (χ0v) is 17.3. The second kappa shape index (κ2) is 9.17. The normalized spacial score (nSPS) is 15.6. The highest BCUT2D eigenvalue weighted by Gasteiger charge is 2.10. The van der Waals surface area contributed by atoms with Gasteiger partial charge in [0.2, 0.25) is 0 Å². The second-order valence-electron chi connectivity index (χ2n) is 6.44. The molecule has 2 N–H and O–H groups in total. The molecule has 25 heavy (non-hydrogen) atoms. The van der Waals surface area contributed by atoms with Crippen LogP contribution in [0.5, 0.6) is 0 Å². The first-order chi connectivity index (χ1) is 11.6. The molecule has 2 aromatic heterocycles. The number of hydrogen-bond acceptors (Lipinski definition) is 3. The molecule has 1 aliphatic heterocycles. The Bertz CT molecular complexity index is 699. The molecular weight excluding hydrogens is 427 g/mol. The van der Waals surface area contributed by atoms with E-state index in [1.54, 1.807) is 0 Å². The van der Waals surface area contributed by atoms with Crippen molar-refractivity contribution >= 4 is 29.9 Å². The number of halogens is 1. The SMILES string of the molecule is Cc1cc(C)n(-c2ccc(CN=C(N)N3CCCCCC3)cn2)n1.I. The highest BCUT2D eigenvalue weighted by atomic mass is 127. The van der Waals surface area contributed by atoms with Crippen LogP contribution in [0.15, 0.2) is 29.4 Å². The summed E-state index contributed by atoms with van der Waals surface area (Å²) in [6.07, 6.45) is 6.85. The van der Waals surface area contributed by atoms with E-state index in [1.807, 2.05) is 42.9 Å². The predicted molar refractivity (Wildman–Crippen MR) is 112 cm³/mol. The molecule has 1 aliphatic rings. The van der Waals surface area contributed by atoms with E-state index in [9.17, 15) is 0 Å². The van der Waals surface area contributed by atoms with Gasteiger partial charge in [-0.2, -0.15) is 5.10 Å². The van der Waals surface area contributed by atoms with Crippen molar-refractivity contribution in [3.63, 3.8) is 0 Å². The molecule has 0 aliphatic carbocycles. The highest BCUT2D eigenvalue weighted by molar-refractivity contribution is 14.0. The predicted octanol–water partition coefficient (Wildman–Crippen LogP) is 3.19. The van der Waals surface area contributed by atoms with Gasteiger partial charge in [-0.1, -0.05) is 18.9 Å². The van der Waals surface area contributed by atoms with E-state index in [2.05, 4.69) is 20.0 Å². The minimum atomic E-state index is 0. The number of nitrogens with zero attached hydrogens (tertiary/aromatic N) is 5. The Kier molecular flexibility index (Phi) is 7.22. The molecular formula is C18H27IN6. The minimum Gasteiger partial charge on any atom is -0.370 e. The molecule has 0 unspecified atom stereocenters. The summed E-state index contributed by atoms with van der Waals surface area (Å²) in [5, 5.41) is 4.45. The molecule has 6 nitrogen and oxygen atoms in total. The summed E-state index contributed by atoms with van der Waals surface area (Å²) in [5.74, 6) is 1.48. The molecule has 0 atom stereocenters. The smallest absolute Gasteiger partial charge is 0.191 e. The van der Waals surface area contributed by atoms with Crippen molar-refractivity contribution in [3.05, 3.63) is 41.3 Å². The Hall–Kier alpha value is -1.64. The Morgan fingerprint density at radius 1 is 1.16 bits per heavy atom. The lowest BCUT2D eigenvalue weighted by Gasteiger charge is -2.21. The molecule has 3 heterocycles. The fraction of sp³-hybridized carbons (Fsp3) is 0.500. The van der Waals surface area contributed by atoms with E-state index >= 15 is 0 Å². The summed E-state index contributed by atoms with van der Waals surface area (Å²) in [6.45, 7) is 6.61. The Labute approximate surface area is 166 Å². The first-order valence-electron chi connectivity index (χ1n) is 8.67. The fourth-order valence-electron chi connectivity index (χ4n) is 3.07. The van der Waals surface area contributed by atoms with Gasteiger partial charge in [0.25, 0.3) is 0 Å². The van der Waals surface area contributed by atoms with Gasteiger partial charge in [0.15, 0.2) is 11.8 Å². The van der Waals surface area contributed by atoms with Crippen molar-refractivity contribution in [2.24, 2.45) is 10.7 Å². The molecule has 7 heteroatoms. The third-order valence-electron chi connectivity index (χ3n) is 4.39. The number of aliphatic imine (C=N–C) groups is 1. The van der Waals surface area contributed by atoms with E-state index in [0.29, 0.717) is 12.5 Å². The fourth-order valence-corrected chi connectivity index (χ4v) is 3.07. The van der Waals surface area contributed by atoms with Gasteiger partial charge in [0.1, 0.15) is 0 Å². The number of pyridine rings is 1. The zero-order valence-electron chi connectivity index (χ0n) is 15.0. The minimum absolute atomic E-state index is 0. The van der Waals surface area contributed by atoms with E-state index in [0.717, 1.165) is 35.9 Å². The van der Waals surface area contributed by atoms with Crippen LogP contribution in [0.2, 0.25) is 0 Å². The van der Waals surface area contributed by atoms with Crippen LogP contribution >= 0.6 is 24.0 Å². The van der Waals surface area contributed by atoms with Gasteiger partial charge in [-0.25, -0.2) is 14.7 Å². The van der Waals surface area contributed by atoms with Gasteiger partial charge in [0, 0.05) is 25.0 Å². The van der Waals surface area contributed by atoms with E-state index < -0.39 is 0 Å².